The summed E-state index contributed by atoms with van der Waals surface area (Å²) in [4.78, 5) is 11.6. The number of hydrogen-bond acceptors (Lipinski definition) is 2. The van der Waals surface area contributed by atoms with Crippen molar-refractivity contribution in [3.8, 4) is 11.3 Å². The third-order valence-electron chi connectivity index (χ3n) is 4.96. The fourth-order valence-corrected chi connectivity index (χ4v) is 3.93. The predicted molar refractivity (Wildman–Crippen MR) is 95.0 cm³/mol. The highest BCUT2D eigenvalue weighted by Gasteiger charge is 2.25. The van der Waals surface area contributed by atoms with Crippen molar-refractivity contribution in [3.05, 3.63) is 59.5 Å². The monoisotopic (exact) mass is 304 g/mol. The molecule has 3 heteroatoms. The Morgan fingerprint density at radius 2 is 1.57 bits per heavy atom. The Kier molecular flexibility index (Phi) is 3.70. The lowest BCUT2D eigenvalue weighted by Gasteiger charge is -2.26. The molecule has 4 rings (SSSR count). The maximum Gasteiger partial charge on any atom is 0.141 e. The molecule has 0 aliphatic heterocycles. The summed E-state index contributed by atoms with van der Waals surface area (Å²) in [7, 11) is 0. The molecule has 0 N–H and O–H groups in total. The van der Waals surface area contributed by atoms with Crippen LogP contribution in [0, 0.1) is 4.91 Å². The number of benzene rings is 2. The molecule has 23 heavy (non-hydrogen) atoms. The van der Waals surface area contributed by atoms with Crippen LogP contribution in [0.15, 0.2) is 59.8 Å². The minimum Gasteiger partial charge on any atom is -0.335 e. The van der Waals surface area contributed by atoms with Gasteiger partial charge in [-0.05, 0) is 24.1 Å². The van der Waals surface area contributed by atoms with Gasteiger partial charge in [0.2, 0.25) is 0 Å². The van der Waals surface area contributed by atoms with Gasteiger partial charge < -0.3 is 4.57 Å². The smallest absolute Gasteiger partial charge is 0.141 e. The lowest BCUT2D eigenvalue weighted by atomic mass is 9.94. The Morgan fingerprint density at radius 3 is 2.30 bits per heavy atom. The quantitative estimate of drug-likeness (QED) is 0.529. The molecule has 0 amide bonds. The van der Waals surface area contributed by atoms with E-state index in [1.54, 1.807) is 0 Å². The van der Waals surface area contributed by atoms with Gasteiger partial charge in [-0.1, -0.05) is 67.8 Å². The third-order valence-corrected chi connectivity index (χ3v) is 4.96. The molecule has 1 aromatic heterocycles. The molecule has 1 aliphatic carbocycles. The summed E-state index contributed by atoms with van der Waals surface area (Å²) in [6.07, 6.45) is 6.19. The lowest BCUT2D eigenvalue weighted by molar-refractivity contribution is 0.363. The van der Waals surface area contributed by atoms with Gasteiger partial charge in [-0.15, -0.1) is 4.91 Å². The minimum atomic E-state index is 0.458. The van der Waals surface area contributed by atoms with Crippen LogP contribution in [0.25, 0.3) is 22.2 Å². The van der Waals surface area contributed by atoms with Crippen molar-refractivity contribution >= 4 is 16.6 Å². The summed E-state index contributed by atoms with van der Waals surface area (Å²) >= 11 is 0. The van der Waals surface area contributed by atoms with E-state index >= 15 is 0 Å². The minimum absolute atomic E-state index is 0.458. The van der Waals surface area contributed by atoms with Crippen molar-refractivity contribution in [2.45, 2.75) is 38.1 Å². The number of hydrogen-bond donors (Lipinski definition) is 0. The van der Waals surface area contributed by atoms with Crippen LogP contribution in [0.4, 0.5) is 5.69 Å². The zero-order chi connectivity index (χ0) is 15.6. The zero-order valence-corrected chi connectivity index (χ0v) is 13.1. The van der Waals surface area contributed by atoms with Crippen LogP contribution < -0.4 is 0 Å². The molecular formula is C20H20N2O. The van der Waals surface area contributed by atoms with Gasteiger partial charge in [-0.25, -0.2) is 0 Å². The number of nitroso groups, excluding NO2 is 1. The molecule has 0 radical (unpaired) electrons. The van der Waals surface area contributed by atoms with Crippen molar-refractivity contribution in [3.63, 3.8) is 0 Å². The zero-order valence-electron chi connectivity index (χ0n) is 13.1. The van der Waals surface area contributed by atoms with Gasteiger partial charge in [-0.3, -0.25) is 0 Å². The highest BCUT2D eigenvalue weighted by atomic mass is 16.3. The van der Waals surface area contributed by atoms with Crippen LogP contribution in [-0.2, 0) is 0 Å². The van der Waals surface area contributed by atoms with E-state index in [1.165, 1.54) is 32.1 Å². The van der Waals surface area contributed by atoms with E-state index in [-0.39, 0.29) is 0 Å². The van der Waals surface area contributed by atoms with E-state index in [1.807, 2.05) is 36.4 Å². The first-order chi connectivity index (χ1) is 11.4. The number of fused-ring (bicyclic) bond motifs is 1. The molecular weight excluding hydrogens is 284 g/mol. The topological polar surface area (TPSA) is 34.4 Å². The van der Waals surface area contributed by atoms with Gasteiger partial charge in [0.1, 0.15) is 5.69 Å². The van der Waals surface area contributed by atoms with E-state index < -0.39 is 0 Å². The van der Waals surface area contributed by atoms with Gasteiger partial charge in [0.15, 0.2) is 0 Å². The molecule has 1 heterocycles. The van der Waals surface area contributed by atoms with Crippen LogP contribution >= 0.6 is 0 Å². The van der Waals surface area contributed by atoms with Gasteiger partial charge >= 0.3 is 0 Å². The van der Waals surface area contributed by atoms with E-state index in [2.05, 4.69) is 27.9 Å². The van der Waals surface area contributed by atoms with Crippen molar-refractivity contribution < 1.29 is 0 Å². The Morgan fingerprint density at radius 1 is 0.870 bits per heavy atom. The second-order valence-corrected chi connectivity index (χ2v) is 6.33. The number of nitrogens with zero attached hydrogens (tertiary/aromatic N) is 2. The predicted octanol–water partition coefficient (Wildman–Crippen LogP) is 6.21. The maximum absolute atomic E-state index is 11.6. The average Bonchev–Trinajstić information content (AvgIpc) is 2.97. The van der Waals surface area contributed by atoms with Crippen LogP contribution in [0.1, 0.15) is 38.1 Å². The number of aromatic nitrogens is 1. The summed E-state index contributed by atoms with van der Waals surface area (Å²) in [5.74, 6) is 0. The Hall–Kier alpha value is -2.42. The second kappa shape index (κ2) is 5.99. The van der Waals surface area contributed by atoms with E-state index in [9.17, 15) is 4.91 Å². The van der Waals surface area contributed by atoms with Crippen LogP contribution in [0.2, 0.25) is 0 Å². The Labute approximate surface area is 135 Å². The first-order valence-electron chi connectivity index (χ1n) is 8.42. The standard InChI is InChI=1S/C20H20N2O/c23-21-19-17-13-7-8-14-18(17)22(16-11-5-2-6-12-16)20(19)15-9-3-1-4-10-15/h1,3-4,7-10,13-14,16H,2,5-6,11-12H2. The molecule has 1 fully saturated rings. The summed E-state index contributed by atoms with van der Waals surface area (Å²) in [5, 5.41) is 4.38. The number of para-hydroxylation sites is 1. The molecule has 1 aliphatic rings. The van der Waals surface area contributed by atoms with Crippen LogP contribution in [0.5, 0.6) is 0 Å². The summed E-state index contributed by atoms with van der Waals surface area (Å²) < 4.78 is 2.38. The summed E-state index contributed by atoms with van der Waals surface area (Å²) in [6, 6.07) is 18.8. The number of rotatable bonds is 3. The highest BCUT2D eigenvalue weighted by Crippen LogP contribution is 2.44. The molecule has 3 nitrogen and oxygen atoms in total. The molecule has 1 saturated carbocycles. The third kappa shape index (κ3) is 2.37. The average molecular weight is 304 g/mol. The molecule has 116 valence electrons. The fourth-order valence-electron chi connectivity index (χ4n) is 3.93. The molecule has 0 atom stereocenters. The lowest BCUT2D eigenvalue weighted by Crippen LogP contribution is -2.13. The van der Waals surface area contributed by atoms with Gasteiger partial charge in [0, 0.05) is 17.0 Å². The van der Waals surface area contributed by atoms with Crippen molar-refractivity contribution in [2.24, 2.45) is 5.18 Å². The molecule has 0 bridgehead atoms. The second-order valence-electron chi connectivity index (χ2n) is 6.33. The van der Waals surface area contributed by atoms with E-state index in [4.69, 9.17) is 0 Å². The van der Waals surface area contributed by atoms with Gasteiger partial charge in [-0.2, -0.15) is 0 Å². The molecule has 3 aromatic rings. The molecule has 0 spiro atoms. The summed E-state index contributed by atoms with van der Waals surface area (Å²) in [5.41, 5.74) is 3.77. The first kappa shape index (κ1) is 14.2. The van der Waals surface area contributed by atoms with Crippen molar-refractivity contribution in [2.75, 3.05) is 0 Å². The van der Waals surface area contributed by atoms with Crippen LogP contribution in [-0.4, -0.2) is 4.57 Å². The largest absolute Gasteiger partial charge is 0.335 e. The van der Waals surface area contributed by atoms with Gasteiger partial charge in [0.25, 0.3) is 0 Å². The van der Waals surface area contributed by atoms with Crippen molar-refractivity contribution in [1.29, 1.82) is 0 Å². The molecule has 0 saturated heterocycles. The van der Waals surface area contributed by atoms with Crippen LogP contribution in [0.3, 0.4) is 0 Å². The molecule has 2 aromatic carbocycles. The Balaban J connectivity index is 2.03. The Bertz CT molecular complexity index is 829. The summed E-state index contributed by atoms with van der Waals surface area (Å²) in [6.45, 7) is 0. The highest BCUT2D eigenvalue weighted by molar-refractivity contribution is 6.00. The van der Waals surface area contributed by atoms with E-state index in [0.717, 1.165) is 22.2 Å². The SMILES string of the molecule is O=Nc1c(-c2ccccc2)n(C2CCCCC2)c2ccccc12. The normalized spacial score (nSPS) is 15.8. The van der Waals surface area contributed by atoms with Gasteiger partial charge in [0.05, 0.1) is 11.2 Å². The fraction of sp³-hybridized carbons (Fsp3) is 0.300. The van der Waals surface area contributed by atoms with E-state index in [0.29, 0.717) is 11.7 Å². The van der Waals surface area contributed by atoms with Crippen molar-refractivity contribution in [1.82, 2.24) is 4.57 Å². The maximum atomic E-state index is 11.6. The first-order valence-corrected chi connectivity index (χ1v) is 8.42. The molecule has 0 unspecified atom stereocenters.